The van der Waals surface area contributed by atoms with E-state index in [4.69, 9.17) is 4.74 Å². The van der Waals surface area contributed by atoms with Crippen molar-refractivity contribution in [2.75, 3.05) is 52.4 Å². The van der Waals surface area contributed by atoms with Gasteiger partial charge in [-0.05, 0) is 30.4 Å². The maximum absolute atomic E-state index is 13.7. The van der Waals surface area contributed by atoms with E-state index in [-0.39, 0.29) is 55.6 Å². The van der Waals surface area contributed by atoms with E-state index in [9.17, 15) is 27.6 Å². The van der Waals surface area contributed by atoms with Crippen molar-refractivity contribution in [3.63, 3.8) is 0 Å². The lowest BCUT2D eigenvalue weighted by molar-refractivity contribution is -0.275. The summed E-state index contributed by atoms with van der Waals surface area (Å²) in [6.45, 7) is 3.57. The molecule has 9 nitrogen and oxygen atoms in total. The first-order valence-corrected chi connectivity index (χ1v) is 14.9. The van der Waals surface area contributed by atoms with Crippen molar-refractivity contribution < 1.29 is 37.0 Å². The van der Waals surface area contributed by atoms with Crippen molar-refractivity contribution in [2.24, 2.45) is 11.8 Å². The third-order valence-electron chi connectivity index (χ3n) is 8.45. The Balaban J connectivity index is 1.34. The monoisotopic (exact) mass is 614 g/mol. The van der Waals surface area contributed by atoms with Crippen LogP contribution in [0.3, 0.4) is 0 Å². The van der Waals surface area contributed by atoms with Crippen LogP contribution in [-0.2, 0) is 27.5 Å². The standard InChI is InChI=1S/C32H37F3N4O5/c33-32(34,35)44-29-10-4-2-7-27(29)20-37-19-26-6-1-3-9-28(26)43-17-5-8-25-21-39(31(42)22-37)12-11-24(25)18-30(41)38-15-13-36(23-40)14-16-38/h1-10,23-25H,11-22H2/b8-5-/t24-,25-/m0/s1. The molecule has 0 saturated carbocycles. The van der Waals surface area contributed by atoms with E-state index < -0.39 is 6.36 Å². The lowest BCUT2D eigenvalue weighted by atomic mass is 9.82. The molecular formula is C32H37F3N4O5. The van der Waals surface area contributed by atoms with E-state index in [0.29, 0.717) is 63.4 Å². The van der Waals surface area contributed by atoms with Gasteiger partial charge < -0.3 is 24.2 Å². The second kappa shape index (κ2) is 14.1. The number of benzene rings is 2. The van der Waals surface area contributed by atoms with Gasteiger partial charge in [0.2, 0.25) is 18.2 Å². The average molecular weight is 615 g/mol. The predicted molar refractivity (Wildman–Crippen MR) is 155 cm³/mol. The minimum Gasteiger partial charge on any atom is -0.489 e. The predicted octanol–water partition coefficient (Wildman–Crippen LogP) is 3.69. The molecule has 2 atom stereocenters. The summed E-state index contributed by atoms with van der Waals surface area (Å²) in [5.74, 6) is 0.201. The van der Waals surface area contributed by atoms with Crippen LogP contribution in [-0.4, -0.2) is 96.6 Å². The summed E-state index contributed by atoms with van der Waals surface area (Å²) in [7, 11) is 0. The number of rotatable bonds is 6. The fraction of sp³-hybridized carbons (Fsp3) is 0.469. The van der Waals surface area contributed by atoms with E-state index in [2.05, 4.69) is 4.74 Å². The zero-order valence-corrected chi connectivity index (χ0v) is 24.5. The molecular weight excluding hydrogens is 577 g/mol. The molecule has 3 amide bonds. The summed E-state index contributed by atoms with van der Waals surface area (Å²) in [5.41, 5.74) is 1.12. The van der Waals surface area contributed by atoms with Crippen LogP contribution in [0.5, 0.6) is 11.5 Å². The van der Waals surface area contributed by atoms with Crippen molar-refractivity contribution in [1.29, 1.82) is 0 Å². The molecule has 0 aliphatic carbocycles. The van der Waals surface area contributed by atoms with Crippen LogP contribution < -0.4 is 9.47 Å². The van der Waals surface area contributed by atoms with Crippen molar-refractivity contribution in [2.45, 2.75) is 32.3 Å². The highest BCUT2D eigenvalue weighted by atomic mass is 19.4. The van der Waals surface area contributed by atoms with Crippen LogP contribution in [0.2, 0.25) is 0 Å². The van der Waals surface area contributed by atoms with Gasteiger partial charge in [0, 0.05) is 69.9 Å². The Morgan fingerprint density at radius 1 is 1.00 bits per heavy atom. The third-order valence-corrected chi connectivity index (χ3v) is 8.45. The number of piperidine rings is 1. The van der Waals surface area contributed by atoms with Crippen LogP contribution in [0.25, 0.3) is 0 Å². The van der Waals surface area contributed by atoms with Crippen LogP contribution in [0.4, 0.5) is 13.2 Å². The first-order valence-electron chi connectivity index (χ1n) is 14.9. The Kier molecular flexibility index (Phi) is 10.1. The van der Waals surface area contributed by atoms with Crippen molar-refractivity contribution in [3.8, 4) is 11.5 Å². The number of nitrogens with zero attached hydrogens (tertiary/aromatic N) is 4. The molecule has 0 aromatic heterocycles. The van der Waals surface area contributed by atoms with E-state index >= 15 is 0 Å². The number of piperazine rings is 1. The molecule has 3 heterocycles. The normalized spacial score (nSPS) is 22.5. The van der Waals surface area contributed by atoms with E-state index in [1.807, 2.05) is 36.4 Å². The van der Waals surface area contributed by atoms with E-state index in [1.165, 1.54) is 12.1 Å². The Morgan fingerprint density at radius 3 is 2.52 bits per heavy atom. The molecule has 2 aromatic rings. The first-order chi connectivity index (χ1) is 21.2. The number of carbonyl (C=O) groups excluding carboxylic acids is 3. The van der Waals surface area contributed by atoms with Gasteiger partial charge in [0.05, 0.1) is 6.54 Å². The maximum atomic E-state index is 13.7. The summed E-state index contributed by atoms with van der Waals surface area (Å²) in [6.07, 6.45) is 0.919. The minimum atomic E-state index is -4.84. The Labute approximate surface area is 254 Å². The van der Waals surface area contributed by atoms with Gasteiger partial charge in [0.25, 0.3) is 0 Å². The summed E-state index contributed by atoms with van der Waals surface area (Å²) in [5, 5.41) is 0. The third kappa shape index (κ3) is 8.31. The zero-order valence-electron chi connectivity index (χ0n) is 24.5. The molecule has 0 unspecified atom stereocenters. The zero-order chi connectivity index (χ0) is 31.1. The van der Waals surface area contributed by atoms with Gasteiger partial charge in [0.15, 0.2) is 0 Å². The lowest BCUT2D eigenvalue weighted by Crippen LogP contribution is -2.50. The van der Waals surface area contributed by atoms with Gasteiger partial charge in [0.1, 0.15) is 18.1 Å². The van der Waals surface area contributed by atoms with Crippen LogP contribution >= 0.6 is 0 Å². The van der Waals surface area contributed by atoms with Crippen LogP contribution in [0.1, 0.15) is 24.0 Å². The lowest BCUT2D eigenvalue weighted by Gasteiger charge is -2.39. The minimum absolute atomic E-state index is 0.0181. The van der Waals surface area contributed by atoms with Gasteiger partial charge >= 0.3 is 6.36 Å². The van der Waals surface area contributed by atoms with Gasteiger partial charge in [-0.2, -0.15) is 0 Å². The molecule has 2 bridgehead atoms. The van der Waals surface area contributed by atoms with E-state index in [0.717, 1.165) is 12.0 Å². The molecule has 2 aromatic carbocycles. The number of ether oxygens (including phenoxy) is 2. The van der Waals surface area contributed by atoms with Gasteiger partial charge in [-0.1, -0.05) is 48.6 Å². The molecule has 2 fully saturated rings. The SMILES string of the molecule is O=CN1CCN(C(=O)C[C@@H]2CCN3C[C@@H]2/C=C\COc2ccccc2CN(Cc2ccccc2OC(F)(F)F)CC3=O)CC1. The number of para-hydroxylation sites is 2. The molecule has 236 valence electrons. The highest BCUT2D eigenvalue weighted by Crippen LogP contribution is 2.31. The fourth-order valence-corrected chi connectivity index (χ4v) is 6.10. The second-order valence-corrected chi connectivity index (χ2v) is 11.4. The average Bonchev–Trinajstić information content (AvgIpc) is 3.01. The largest absolute Gasteiger partial charge is 0.573 e. The second-order valence-electron chi connectivity index (χ2n) is 11.4. The van der Waals surface area contributed by atoms with Gasteiger partial charge in [-0.3, -0.25) is 19.3 Å². The Morgan fingerprint density at radius 2 is 1.75 bits per heavy atom. The van der Waals surface area contributed by atoms with Crippen LogP contribution in [0.15, 0.2) is 60.7 Å². The topological polar surface area (TPSA) is 82.6 Å². The van der Waals surface area contributed by atoms with Crippen molar-refractivity contribution in [3.05, 3.63) is 71.8 Å². The smallest absolute Gasteiger partial charge is 0.489 e. The number of hydrogen-bond acceptors (Lipinski definition) is 6. The summed E-state index contributed by atoms with van der Waals surface area (Å²) < 4.78 is 49.8. The summed E-state index contributed by atoms with van der Waals surface area (Å²) >= 11 is 0. The van der Waals surface area contributed by atoms with Gasteiger partial charge in [-0.25, -0.2) is 0 Å². The fourth-order valence-electron chi connectivity index (χ4n) is 6.10. The van der Waals surface area contributed by atoms with Crippen molar-refractivity contribution in [1.82, 2.24) is 19.6 Å². The number of hydrogen-bond donors (Lipinski definition) is 0. The number of halogens is 3. The molecule has 0 N–H and O–H groups in total. The van der Waals surface area contributed by atoms with Crippen LogP contribution in [0, 0.1) is 11.8 Å². The Bertz CT molecular complexity index is 1350. The molecule has 44 heavy (non-hydrogen) atoms. The maximum Gasteiger partial charge on any atom is 0.573 e. The molecule has 0 spiro atoms. The summed E-state index contributed by atoms with van der Waals surface area (Å²) in [4.78, 5) is 45.0. The number of amides is 3. The first kappa shape index (κ1) is 31.4. The van der Waals surface area contributed by atoms with Gasteiger partial charge in [-0.15, -0.1) is 13.2 Å². The molecule has 0 radical (unpaired) electrons. The molecule has 2 saturated heterocycles. The highest BCUT2D eigenvalue weighted by molar-refractivity contribution is 5.79. The summed E-state index contributed by atoms with van der Waals surface area (Å²) in [6, 6.07) is 13.4. The number of fused-ring (bicyclic) bond motifs is 3. The van der Waals surface area contributed by atoms with Crippen molar-refractivity contribution >= 4 is 18.2 Å². The molecule has 3 aliphatic rings. The number of carbonyl (C=O) groups is 3. The van der Waals surface area contributed by atoms with E-state index in [1.54, 1.807) is 31.7 Å². The Hall–Kier alpha value is -4.06. The highest BCUT2D eigenvalue weighted by Gasteiger charge is 2.35. The quantitative estimate of drug-likeness (QED) is 0.365. The molecule has 3 aliphatic heterocycles. The molecule has 5 rings (SSSR count). The number of alkyl halides is 3. The molecule has 12 heteroatoms.